The summed E-state index contributed by atoms with van der Waals surface area (Å²) < 4.78 is 12.6. The Morgan fingerprint density at radius 1 is 1.55 bits per heavy atom. The maximum atomic E-state index is 12.6. The second-order valence-electron chi connectivity index (χ2n) is 2.44. The van der Waals surface area contributed by atoms with Gasteiger partial charge >= 0.3 is 0 Å². The molecule has 0 aliphatic heterocycles. The van der Waals surface area contributed by atoms with E-state index in [0.717, 1.165) is 5.56 Å². The van der Waals surface area contributed by atoms with Gasteiger partial charge in [-0.05, 0) is 30.2 Å². The van der Waals surface area contributed by atoms with Crippen molar-refractivity contribution in [2.45, 2.75) is 13.5 Å². The fourth-order valence-corrected chi connectivity index (χ4v) is 0.923. The van der Waals surface area contributed by atoms with Gasteiger partial charge in [-0.1, -0.05) is 0 Å². The van der Waals surface area contributed by atoms with Crippen LogP contribution in [-0.2, 0) is 6.61 Å². The molecule has 0 fully saturated rings. The number of halogens is 1. The van der Waals surface area contributed by atoms with Crippen molar-refractivity contribution in [3.63, 3.8) is 0 Å². The van der Waals surface area contributed by atoms with E-state index in [4.69, 9.17) is 10.8 Å². The lowest BCUT2D eigenvalue weighted by Gasteiger charge is -2.05. The molecule has 0 saturated carbocycles. The zero-order valence-electron chi connectivity index (χ0n) is 6.26. The Kier molecular flexibility index (Phi) is 2.10. The second kappa shape index (κ2) is 2.88. The fraction of sp³-hybridized carbons (Fsp3) is 0.250. The maximum Gasteiger partial charge on any atom is 0.125 e. The molecule has 0 atom stereocenters. The van der Waals surface area contributed by atoms with Crippen LogP contribution in [0.25, 0.3) is 0 Å². The molecular weight excluding hydrogens is 145 g/mol. The van der Waals surface area contributed by atoms with Crippen molar-refractivity contribution in [3.05, 3.63) is 29.1 Å². The lowest BCUT2D eigenvalue weighted by atomic mass is 10.1. The van der Waals surface area contributed by atoms with Gasteiger partial charge < -0.3 is 10.8 Å². The predicted octanol–water partition coefficient (Wildman–Crippen LogP) is 1.21. The highest BCUT2D eigenvalue weighted by molar-refractivity contribution is 5.50. The first-order valence-electron chi connectivity index (χ1n) is 3.30. The highest BCUT2D eigenvalue weighted by Gasteiger charge is 2.02. The molecule has 0 amide bonds. The van der Waals surface area contributed by atoms with E-state index in [0.29, 0.717) is 11.3 Å². The molecule has 3 N–H and O–H groups in total. The van der Waals surface area contributed by atoms with E-state index in [-0.39, 0.29) is 6.61 Å². The lowest BCUT2D eigenvalue weighted by molar-refractivity contribution is 0.280. The van der Waals surface area contributed by atoms with Crippen LogP contribution in [0.1, 0.15) is 11.1 Å². The minimum absolute atomic E-state index is 0.173. The molecule has 0 aromatic heterocycles. The Morgan fingerprint density at radius 2 is 2.18 bits per heavy atom. The van der Waals surface area contributed by atoms with Crippen LogP contribution >= 0.6 is 0 Å². The highest BCUT2D eigenvalue weighted by atomic mass is 19.1. The molecule has 0 spiro atoms. The standard InChI is InChI=1S/C8H10FNO/c1-5-6(4-11)2-7(9)3-8(5)10/h2-3,11H,4,10H2,1H3. The molecule has 1 aromatic rings. The molecule has 0 heterocycles. The summed E-state index contributed by atoms with van der Waals surface area (Å²) in [6.07, 6.45) is 0. The average molecular weight is 155 g/mol. The number of benzene rings is 1. The normalized spacial score (nSPS) is 10.1. The van der Waals surface area contributed by atoms with Crippen LogP contribution in [0, 0.1) is 12.7 Å². The van der Waals surface area contributed by atoms with Crippen molar-refractivity contribution >= 4 is 5.69 Å². The van der Waals surface area contributed by atoms with E-state index in [9.17, 15) is 4.39 Å². The molecule has 0 saturated heterocycles. The summed E-state index contributed by atoms with van der Waals surface area (Å²) in [5.41, 5.74) is 7.12. The van der Waals surface area contributed by atoms with Gasteiger partial charge in [0.25, 0.3) is 0 Å². The maximum absolute atomic E-state index is 12.6. The van der Waals surface area contributed by atoms with Crippen molar-refractivity contribution in [1.29, 1.82) is 0 Å². The number of aliphatic hydroxyl groups excluding tert-OH is 1. The summed E-state index contributed by atoms with van der Waals surface area (Å²) in [7, 11) is 0. The Labute approximate surface area is 64.5 Å². The van der Waals surface area contributed by atoms with Gasteiger partial charge in [0.05, 0.1) is 6.61 Å². The zero-order chi connectivity index (χ0) is 8.43. The molecule has 0 bridgehead atoms. The van der Waals surface area contributed by atoms with Gasteiger partial charge in [-0.2, -0.15) is 0 Å². The zero-order valence-corrected chi connectivity index (χ0v) is 6.26. The van der Waals surface area contributed by atoms with E-state index >= 15 is 0 Å². The van der Waals surface area contributed by atoms with Crippen LogP contribution in [0.15, 0.2) is 12.1 Å². The van der Waals surface area contributed by atoms with Crippen molar-refractivity contribution < 1.29 is 9.50 Å². The van der Waals surface area contributed by atoms with Crippen molar-refractivity contribution in [2.24, 2.45) is 0 Å². The molecule has 1 aromatic carbocycles. The molecule has 60 valence electrons. The first-order chi connectivity index (χ1) is 5.15. The molecule has 0 aliphatic carbocycles. The summed E-state index contributed by atoms with van der Waals surface area (Å²) in [5.74, 6) is -0.405. The summed E-state index contributed by atoms with van der Waals surface area (Å²) >= 11 is 0. The summed E-state index contributed by atoms with van der Waals surface area (Å²) in [5, 5.41) is 8.75. The molecule has 0 aliphatic rings. The van der Waals surface area contributed by atoms with Gasteiger partial charge in [-0.25, -0.2) is 4.39 Å². The van der Waals surface area contributed by atoms with Crippen molar-refractivity contribution in [3.8, 4) is 0 Å². The minimum Gasteiger partial charge on any atom is -0.398 e. The van der Waals surface area contributed by atoms with Gasteiger partial charge in [-0.3, -0.25) is 0 Å². The van der Waals surface area contributed by atoms with E-state index in [1.807, 2.05) is 0 Å². The fourth-order valence-electron chi connectivity index (χ4n) is 0.923. The second-order valence-corrected chi connectivity index (χ2v) is 2.44. The monoisotopic (exact) mass is 155 g/mol. The van der Waals surface area contributed by atoms with E-state index in [2.05, 4.69) is 0 Å². The van der Waals surface area contributed by atoms with Crippen molar-refractivity contribution in [2.75, 3.05) is 5.73 Å². The number of hydrogen-bond acceptors (Lipinski definition) is 2. The lowest BCUT2D eigenvalue weighted by Crippen LogP contribution is -1.97. The number of hydrogen-bond donors (Lipinski definition) is 2. The summed E-state index contributed by atoms with van der Waals surface area (Å²) in [6.45, 7) is 1.58. The highest BCUT2D eigenvalue weighted by Crippen LogP contribution is 2.17. The van der Waals surface area contributed by atoms with Crippen LogP contribution in [-0.4, -0.2) is 5.11 Å². The molecule has 2 nitrogen and oxygen atoms in total. The van der Waals surface area contributed by atoms with Crippen LogP contribution in [0.3, 0.4) is 0 Å². The van der Waals surface area contributed by atoms with Gasteiger partial charge in [-0.15, -0.1) is 0 Å². The molecular formula is C8H10FNO. The molecule has 0 radical (unpaired) electrons. The number of anilines is 1. The van der Waals surface area contributed by atoms with Crippen LogP contribution < -0.4 is 5.73 Å². The minimum atomic E-state index is -0.405. The first-order valence-corrected chi connectivity index (χ1v) is 3.30. The van der Waals surface area contributed by atoms with Gasteiger partial charge in [0.15, 0.2) is 0 Å². The first kappa shape index (κ1) is 8.01. The largest absolute Gasteiger partial charge is 0.398 e. The third-order valence-electron chi connectivity index (χ3n) is 1.69. The Morgan fingerprint density at radius 3 is 2.73 bits per heavy atom. The van der Waals surface area contributed by atoms with Gasteiger partial charge in [0, 0.05) is 5.69 Å². The van der Waals surface area contributed by atoms with Crippen LogP contribution in [0.4, 0.5) is 10.1 Å². The number of nitrogens with two attached hydrogens (primary N) is 1. The van der Waals surface area contributed by atoms with Gasteiger partial charge in [0.1, 0.15) is 5.82 Å². The molecule has 0 unspecified atom stereocenters. The topological polar surface area (TPSA) is 46.2 Å². The molecule has 1 rings (SSSR count). The SMILES string of the molecule is Cc1c(N)cc(F)cc1CO. The third kappa shape index (κ3) is 1.49. The Bertz CT molecular complexity index is 273. The average Bonchev–Trinajstić information content (AvgIpc) is 1.96. The number of rotatable bonds is 1. The van der Waals surface area contributed by atoms with Crippen LogP contribution in [0.5, 0.6) is 0 Å². The Balaban J connectivity index is 3.24. The van der Waals surface area contributed by atoms with E-state index in [1.54, 1.807) is 6.92 Å². The van der Waals surface area contributed by atoms with Crippen molar-refractivity contribution in [1.82, 2.24) is 0 Å². The Hall–Kier alpha value is -1.09. The summed E-state index contributed by atoms with van der Waals surface area (Å²) in [6, 6.07) is 2.53. The predicted molar refractivity (Wildman–Crippen MR) is 41.5 cm³/mol. The molecule has 11 heavy (non-hydrogen) atoms. The van der Waals surface area contributed by atoms with Crippen LogP contribution in [0.2, 0.25) is 0 Å². The summed E-state index contributed by atoms with van der Waals surface area (Å²) in [4.78, 5) is 0. The number of aliphatic hydroxyl groups is 1. The number of nitrogen functional groups attached to an aromatic ring is 1. The van der Waals surface area contributed by atoms with E-state index < -0.39 is 5.82 Å². The third-order valence-corrected chi connectivity index (χ3v) is 1.69. The molecule has 3 heteroatoms. The van der Waals surface area contributed by atoms with E-state index in [1.165, 1.54) is 12.1 Å². The van der Waals surface area contributed by atoms with Gasteiger partial charge in [0.2, 0.25) is 0 Å². The quantitative estimate of drug-likeness (QED) is 0.599. The smallest absolute Gasteiger partial charge is 0.125 e.